The molecule has 0 aliphatic heterocycles. The quantitative estimate of drug-likeness (QED) is 0.203. The van der Waals surface area contributed by atoms with E-state index in [1.807, 2.05) is 0 Å². The number of unbranched alkanes of at least 4 members (excludes halogenated alkanes) is 7. The van der Waals surface area contributed by atoms with Crippen molar-refractivity contribution in [1.29, 1.82) is 0 Å². The zero-order chi connectivity index (χ0) is 20.8. The van der Waals surface area contributed by atoms with Crippen molar-refractivity contribution in [2.45, 2.75) is 64.8 Å². The summed E-state index contributed by atoms with van der Waals surface area (Å²) in [4.78, 5) is 0. The Hall–Kier alpha value is -2.54. The molecule has 0 unspecified atom stereocenters. The first kappa shape index (κ1) is 21.2. The van der Waals surface area contributed by atoms with Crippen molar-refractivity contribution >= 4 is 24.4 Å². The molecule has 3 aromatic rings. The summed E-state index contributed by atoms with van der Waals surface area (Å²) in [5.74, 6) is 12.8. The zero-order valence-electron chi connectivity index (χ0n) is 16.5. The topological polar surface area (TPSA) is 150 Å². The maximum atomic E-state index is 6.05. The zero-order valence-corrected chi connectivity index (χ0v) is 18.1. The van der Waals surface area contributed by atoms with Crippen LogP contribution in [0, 0.1) is 9.54 Å². The molecule has 0 saturated heterocycles. The molecule has 0 aliphatic carbocycles. The summed E-state index contributed by atoms with van der Waals surface area (Å²) in [6.07, 6.45) is 9.76. The molecule has 0 aromatic carbocycles. The number of nitrogens with zero attached hydrogens (tertiary/aromatic N) is 7. The summed E-state index contributed by atoms with van der Waals surface area (Å²) in [5.41, 5.74) is 1.02. The minimum absolute atomic E-state index is 0.273. The Morgan fingerprint density at radius 3 is 1.93 bits per heavy atom. The van der Waals surface area contributed by atoms with Crippen LogP contribution < -0.4 is 11.7 Å². The summed E-state index contributed by atoms with van der Waals surface area (Å²) in [5, 5.41) is 22.3. The van der Waals surface area contributed by atoms with Gasteiger partial charge in [0.1, 0.15) is 5.69 Å². The highest BCUT2D eigenvalue weighted by Crippen LogP contribution is 2.27. The number of hydrogen-bond acceptors (Lipinski definition) is 8. The molecule has 6 N–H and O–H groups in total. The second kappa shape index (κ2) is 9.78. The highest BCUT2D eigenvalue weighted by atomic mass is 32.1. The van der Waals surface area contributed by atoms with Crippen LogP contribution in [0.5, 0.6) is 0 Å². The van der Waals surface area contributed by atoms with Crippen LogP contribution in [-0.2, 0) is 6.54 Å². The summed E-state index contributed by atoms with van der Waals surface area (Å²) in [6, 6.07) is 0. The van der Waals surface area contributed by atoms with Gasteiger partial charge in [0.25, 0.3) is 0 Å². The van der Waals surface area contributed by atoms with E-state index in [-0.39, 0.29) is 9.54 Å². The fraction of sp³-hybridized carbons (Fsp3) is 0.625. The molecule has 29 heavy (non-hydrogen) atoms. The van der Waals surface area contributed by atoms with E-state index in [0.717, 1.165) is 12.8 Å². The van der Waals surface area contributed by atoms with Crippen molar-refractivity contribution in [3.8, 4) is 23.0 Å². The second-order valence-electron chi connectivity index (χ2n) is 6.93. The van der Waals surface area contributed by atoms with E-state index in [0.29, 0.717) is 29.6 Å². The predicted molar refractivity (Wildman–Crippen MR) is 116 cm³/mol. The van der Waals surface area contributed by atoms with Gasteiger partial charge in [0.05, 0.1) is 0 Å². The Kier molecular flexibility index (Phi) is 7.14. The third kappa shape index (κ3) is 4.72. The Balaban J connectivity index is 1.77. The monoisotopic (exact) mass is 437 g/mol. The Labute approximate surface area is 178 Å². The largest absolute Gasteiger partial charge is 0.335 e. The van der Waals surface area contributed by atoms with Crippen LogP contribution in [0.1, 0.15) is 58.3 Å². The number of H-pyrrole nitrogens is 2. The predicted octanol–water partition coefficient (Wildman–Crippen LogP) is 2.69. The van der Waals surface area contributed by atoms with Gasteiger partial charge in [-0.25, -0.2) is 24.2 Å². The number of hydrogen-bond donors (Lipinski definition) is 4. The first-order valence-electron chi connectivity index (χ1n) is 9.83. The van der Waals surface area contributed by atoms with Crippen molar-refractivity contribution in [3.63, 3.8) is 0 Å². The van der Waals surface area contributed by atoms with E-state index in [1.165, 1.54) is 47.9 Å². The fourth-order valence-electron chi connectivity index (χ4n) is 3.18. The number of aryl methyl sites for hydroxylation is 1. The van der Waals surface area contributed by atoms with E-state index < -0.39 is 0 Å². The molecule has 0 saturated carbocycles. The lowest BCUT2D eigenvalue weighted by molar-refractivity contribution is 0.512. The standard InChI is InChI=1S/C16H27N11S2/c1-2-3-4-5-6-7-8-9-10-25-12(14-21-23-16(29)27(14)18)11(19-24-25)13-20-22-15(28)26(13)17/h2-10,17-18H2,1H3,(H,22,28)(H,23,29). The molecule has 158 valence electrons. The Morgan fingerprint density at radius 1 is 0.828 bits per heavy atom. The van der Waals surface area contributed by atoms with Crippen molar-refractivity contribution in [1.82, 2.24) is 44.7 Å². The lowest BCUT2D eigenvalue weighted by atomic mass is 10.1. The van der Waals surface area contributed by atoms with Gasteiger partial charge in [0.15, 0.2) is 5.69 Å². The molecule has 3 aromatic heterocycles. The van der Waals surface area contributed by atoms with Gasteiger partial charge in [-0.15, -0.1) is 5.10 Å². The molecule has 3 heterocycles. The molecular weight excluding hydrogens is 410 g/mol. The molecule has 0 radical (unpaired) electrons. The van der Waals surface area contributed by atoms with Gasteiger partial charge in [-0.2, -0.15) is 10.2 Å². The number of nitrogen functional groups attached to an aromatic ring is 2. The first-order valence-corrected chi connectivity index (χ1v) is 10.7. The molecule has 0 aliphatic rings. The number of nitrogens with one attached hydrogen (secondary N) is 2. The molecule has 0 atom stereocenters. The summed E-state index contributed by atoms with van der Waals surface area (Å²) in [6.45, 7) is 2.90. The molecule has 0 spiro atoms. The Morgan fingerprint density at radius 2 is 1.38 bits per heavy atom. The fourth-order valence-corrected chi connectivity index (χ4v) is 3.44. The molecule has 0 bridgehead atoms. The second-order valence-corrected chi connectivity index (χ2v) is 7.70. The summed E-state index contributed by atoms with van der Waals surface area (Å²) in [7, 11) is 0. The molecule has 0 amide bonds. The van der Waals surface area contributed by atoms with Crippen LogP contribution in [0.3, 0.4) is 0 Å². The summed E-state index contributed by atoms with van der Waals surface area (Å²) >= 11 is 10.3. The highest BCUT2D eigenvalue weighted by Gasteiger charge is 2.24. The van der Waals surface area contributed by atoms with E-state index in [2.05, 4.69) is 37.6 Å². The number of aromatic nitrogens is 9. The Bertz CT molecular complexity index is 1040. The van der Waals surface area contributed by atoms with Crippen LogP contribution in [-0.4, -0.2) is 44.7 Å². The normalized spacial score (nSPS) is 11.3. The first-order chi connectivity index (χ1) is 14.0. The van der Waals surface area contributed by atoms with E-state index in [9.17, 15) is 0 Å². The average Bonchev–Trinajstić information content (AvgIpc) is 3.36. The van der Waals surface area contributed by atoms with Crippen molar-refractivity contribution < 1.29 is 0 Å². The van der Waals surface area contributed by atoms with Crippen molar-refractivity contribution in [3.05, 3.63) is 9.54 Å². The summed E-state index contributed by atoms with van der Waals surface area (Å²) < 4.78 is 4.85. The maximum Gasteiger partial charge on any atom is 0.214 e. The van der Waals surface area contributed by atoms with Gasteiger partial charge in [0.2, 0.25) is 21.2 Å². The average molecular weight is 438 g/mol. The van der Waals surface area contributed by atoms with Crippen molar-refractivity contribution in [2.24, 2.45) is 0 Å². The maximum absolute atomic E-state index is 6.05. The molecule has 11 nitrogen and oxygen atoms in total. The van der Waals surface area contributed by atoms with E-state index in [4.69, 9.17) is 36.1 Å². The van der Waals surface area contributed by atoms with Crippen LogP contribution in [0.25, 0.3) is 23.0 Å². The highest BCUT2D eigenvalue weighted by molar-refractivity contribution is 7.71. The third-order valence-electron chi connectivity index (χ3n) is 4.79. The van der Waals surface area contributed by atoms with Crippen LogP contribution in [0.4, 0.5) is 0 Å². The molecule has 13 heteroatoms. The number of rotatable bonds is 11. The molecule has 0 fully saturated rings. The van der Waals surface area contributed by atoms with Gasteiger partial charge in [0, 0.05) is 6.54 Å². The van der Waals surface area contributed by atoms with Gasteiger partial charge in [-0.1, -0.05) is 57.1 Å². The van der Waals surface area contributed by atoms with Crippen LogP contribution in [0.2, 0.25) is 0 Å². The lowest BCUT2D eigenvalue weighted by Gasteiger charge is -2.07. The van der Waals surface area contributed by atoms with E-state index in [1.54, 1.807) is 4.68 Å². The lowest BCUT2D eigenvalue weighted by Crippen LogP contribution is -2.14. The molecule has 3 rings (SSSR count). The van der Waals surface area contributed by atoms with E-state index >= 15 is 0 Å². The molecular formula is C16H27N11S2. The minimum Gasteiger partial charge on any atom is -0.335 e. The van der Waals surface area contributed by atoms with Gasteiger partial charge in [-0.3, -0.25) is 0 Å². The van der Waals surface area contributed by atoms with Gasteiger partial charge < -0.3 is 11.7 Å². The number of aromatic amines is 2. The van der Waals surface area contributed by atoms with Crippen LogP contribution >= 0.6 is 24.4 Å². The van der Waals surface area contributed by atoms with Gasteiger partial charge >= 0.3 is 0 Å². The minimum atomic E-state index is 0.273. The van der Waals surface area contributed by atoms with Gasteiger partial charge in [-0.05, 0) is 30.9 Å². The van der Waals surface area contributed by atoms with Crippen molar-refractivity contribution in [2.75, 3.05) is 11.7 Å². The SMILES string of the molecule is CCCCCCCCCCn1nnc(-c2n[nH]c(=S)n2N)c1-c1n[nH]c(=S)n1N. The smallest absolute Gasteiger partial charge is 0.214 e. The third-order valence-corrected chi connectivity index (χ3v) is 5.37. The number of nitrogens with two attached hydrogens (primary N) is 2. The van der Waals surface area contributed by atoms with Crippen LogP contribution in [0.15, 0.2) is 0 Å².